The fourth-order valence-corrected chi connectivity index (χ4v) is 1.95. The maximum Gasteiger partial charge on any atom is 0.124 e. The molecule has 0 saturated carbocycles. The van der Waals surface area contributed by atoms with Gasteiger partial charge in [-0.3, -0.25) is 4.68 Å². The highest BCUT2D eigenvalue weighted by Gasteiger charge is 2.13. The lowest BCUT2D eigenvalue weighted by molar-refractivity contribution is 0.444. The van der Waals surface area contributed by atoms with E-state index in [1.807, 2.05) is 27.1 Å². The minimum atomic E-state index is -0.0755. The third-order valence-corrected chi connectivity index (χ3v) is 2.87. The van der Waals surface area contributed by atoms with Crippen LogP contribution in [0.25, 0.3) is 0 Å². The van der Waals surface area contributed by atoms with Crippen molar-refractivity contribution >= 4 is 5.69 Å². The highest BCUT2D eigenvalue weighted by molar-refractivity contribution is 5.50. The van der Waals surface area contributed by atoms with Gasteiger partial charge in [0.25, 0.3) is 0 Å². The standard InChI is InChI=1S/C13H17N3O2/c1-8(11-5-4-10(17)6-13(11)18)14-12-7-16(3)15-9(12)2/h4-8,14,17-18H,1-3H3. The zero-order valence-corrected chi connectivity index (χ0v) is 10.7. The Morgan fingerprint density at radius 1 is 1.33 bits per heavy atom. The van der Waals surface area contributed by atoms with Gasteiger partial charge in [0.05, 0.1) is 17.4 Å². The van der Waals surface area contributed by atoms with Crippen LogP contribution in [0.2, 0.25) is 0 Å². The summed E-state index contributed by atoms with van der Waals surface area (Å²) in [6.45, 7) is 3.87. The second-order valence-corrected chi connectivity index (χ2v) is 4.41. The molecule has 0 aliphatic heterocycles. The molecule has 0 spiro atoms. The van der Waals surface area contributed by atoms with E-state index in [-0.39, 0.29) is 17.5 Å². The van der Waals surface area contributed by atoms with E-state index in [1.54, 1.807) is 16.8 Å². The van der Waals surface area contributed by atoms with Crippen molar-refractivity contribution in [2.75, 3.05) is 5.32 Å². The molecular formula is C13H17N3O2. The second-order valence-electron chi connectivity index (χ2n) is 4.41. The van der Waals surface area contributed by atoms with Gasteiger partial charge in [0, 0.05) is 24.9 Å². The molecule has 96 valence electrons. The van der Waals surface area contributed by atoms with Gasteiger partial charge in [0.15, 0.2) is 0 Å². The number of aryl methyl sites for hydroxylation is 2. The zero-order valence-electron chi connectivity index (χ0n) is 10.7. The Kier molecular flexibility index (Phi) is 3.14. The van der Waals surface area contributed by atoms with Gasteiger partial charge in [0.2, 0.25) is 0 Å². The number of hydrogen-bond acceptors (Lipinski definition) is 4. The number of rotatable bonds is 3. The summed E-state index contributed by atoms with van der Waals surface area (Å²) < 4.78 is 1.74. The number of benzene rings is 1. The highest BCUT2D eigenvalue weighted by atomic mass is 16.3. The largest absolute Gasteiger partial charge is 0.508 e. The number of aromatic hydroxyl groups is 2. The number of anilines is 1. The summed E-state index contributed by atoms with van der Waals surface area (Å²) in [5.41, 5.74) is 2.57. The number of nitrogens with zero attached hydrogens (tertiary/aromatic N) is 2. The molecule has 3 N–H and O–H groups in total. The van der Waals surface area contributed by atoms with Gasteiger partial charge in [0.1, 0.15) is 11.5 Å². The molecule has 0 aliphatic rings. The molecule has 0 amide bonds. The first kappa shape index (κ1) is 12.3. The molecule has 0 bridgehead atoms. The van der Waals surface area contributed by atoms with Gasteiger partial charge in [-0.15, -0.1) is 0 Å². The normalized spacial score (nSPS) is 12.4. The lowest BCUT2D eigenvalue weighted by atomic mass is 10.1. The molecule has 5 nitrogen and oxygen atoms in total. The summed E-state index contributed by atoms with van der Waals surface area (Å²) in [5, 5.41) is 26.6. The lowest BCUT2D eigenvalue weighted by Crippen LogP contribution is -2.07. The molecule has 1 heterocycles. The van der Waals surface area contributed by atoms with Gasteiger partial charge in [-0.1, -0.05) is 0 Å². The molecule has 1 aromatic carbocycles. The Balaban J connectivity index is 2.21. The van der Waals surface area contributed by atoms with Crippen LogP contribution >= 0.6 is 0 Å². The smallest absolute Gasteiger partial charge is 0.124 e. The highest BCUT2D eigenvalue weighted by Crippen LogP contribution is 2.30. The Bertz CT molecular complexity index is 563. The van der Waals surface area contributed by atoms with E-state index in [0.717, 1.165) is 16.9 Å². The molecule has 0 saturated heterocycles. The van der Waals surface area contributed by atoms with E-state index >= 15 is 0 Å². The van der Waals surface area contributed by atoms with Crippen molar-refractivity contribution < 1.29 is 10.2 Å². The Morgan fingerprint density at radius 3 is 2.61 bits per heavy atom. The van der Waals surface area contributed by atoms with Crippen LogP contribution in [0.4, 0.5) is 5.69 Å². The molecule has 5 heteroatoms. The molecule has 0 fully saturated rings. The molecule has 18 heavy (non-hydrogen) atoms. The van der Waals surface area contributed by atoms with Crippen LogP contribution in [0.3, 0.4) is 0 Å². The monoisotopic (exact) mass is 247 g/mol. The summed E-state index contributed by atoms with van der Waals surface area (Å²) in [6.07, 6.45) is 1.89. The maximum atomic E-state index is 9.79. The van der Waals surface area contributed by atoms with Crippen molar-refractivity contribution in [3.05, 3.63) is 35.7 Å². The zero-order chi connectivity index (χ0) is 13.3. The van der Waals surface area contributed by atoms with Gasteiger partial charge >= 0.3 is 0 Å². The van der Waals surface area contributed by atoms with Crippen LogP contribution < -0.4 is 5.32 Å². The molecule has 0 aliphatic carbocycles. The van der Waals surface area contributed by atoms with Gasteiger partial charge in [-0.25, -0.2) is 0 Å². The Morgan fingerprint density at radius 2 is 2.06 bits per heavy atom. The second kappa shape index (κ2) is 4.60. The first-order chi connectivity index (χ1) is 8.47. The van der Waals surface area contributed by atoms with Crippen molar-refractivity contribution in [1.82, 2.24) is 9.78 Å². The average molecular weight is 247 g/mol. The fraction of sp³-hybridized carbons (Fsp3) is 0.308. The number of phenolic OH excluding ortho intramolecular Hbond substituents is 2. The van der Waals surface area contributed by atoms with Crippen molar-refractivity contribution in [1.29, 1.82) is 0 Å². The van der Waals surface area contributed by atoms with E-state index in [1.165, 1.54) is 6.07 Å². The van der Waals surface area contributed by atoms with E-state index in [4.69, 9.17) is 0 Å². The fourth-order valence-electron chi connectivity index (χ4n) is 1.95. The maximum absolute atomic E-state index is 9.79. The summed E-state index contributed by atoms with van der Waals surface area (Å²) in [6, 6.07) is 4.52. The molecule has 1 aromatic heterocycles. The van der Waals surface area contributed by atoms with Crippen LogP contribution in [-0.4, -0.2) is 20.0 Å². The van der Waals surface area contributed by atoms with E-state index < -0.39 is 0 Å². The van der Waals surface area contributed by atoms with E-state index in [9.17, 15) is 10.2 Å². The molecular weight excluding hydrogens is 230 g/mol. The minimum absolute atomic E-state index is 0.0565. The van der Waals surface area contributed by atoms with Crippen LogP contribution in [0, 0.1) is 6.92 Å². The summed E-state index contributed by atoms with van der Waals surface area (Å²) in [7, 11) is 1.86. The number of nitrogens with one attached hydrogen (secondary N) is 1. The third kappa shape index (κ3) is 2.40. The van der Waals surface area contributed by atoms with Crippen molar-refractivity contribution in [2.24, 2.45) is 7.05 Å². The summed E-state index contributed by atoms with van der Waals surface area (Å²) >= 11 is 0. The molecule has 0 radical (unpaired) electrons. The lowest BCUT2D eigenvalue weighted by Gasteiger charge is -2.16. The third-order valence-electron chi connectivity index (χ3n) is 2.87. The van der Waals surface area contributed by atoms with E-state index in [2.05, 4.69) is 10.4 Å². The van der Waals surface area contributed by atoms with Crippen LogP contribution in [0.15, 0.2) is 24.4 Å². The average Bonchev–Trinajstić information content (AvgIpc) is 2.57. The van der Waals surface area contributed by atoms with Crippen molar-refractivity contribution in [3.63, 3.8) is 0 Å². The van der Waals surface area contributed by atoms with Gasteiger partial charge in [-0.05, 0) is 26.0 Å². The number of phenols is 2. The molecule has 1 unspecified atom stereocenters. The Hall–Kier alpha value is -2.17. The van der Waals surface area contributed by atoms with Gasteiger partial charge < -0.3 is 15.5 Å². The minimum Gasteiger partial charge on any atom is -0.508 e. The quantitative estimate of drug-likeness (QED) is 0.778. The Labute approximate surface area is 106 Å². The number of hydrogen-bond donors (Lipinski definition) is 3. The first-order valence-corrected chi connectivity index (χ1v) is 5.76. The predicted molar refractivity (Wildman–Crippen MR) is 69.8 cm³/mol. The summed E-state index contributed by atoms with van der Waals surface area (Å²) in [5.74, 6) is 0.137. The molecule has 2 rings (SSSR count). The van der Waals surface area contributed by atoms with Crippen molar-refractivity contribution in [2.45, 2.75) is 19.9 Å². The van der Waals surface area contributed by atoms with Gasteiger partial charge in [-0.2, -0.15) is 5.10 Å². The predicted octanol–water partition coefficient (Wildman–Crippen LogP) is 2.31. The number of aromatic nitrogens is 2. The van der Waals surface area contributed by atoms with Crippen LogP contribution in [-0.2, 0) is 7.05 Å². The first-order valence-electron chi connectivity index (χ1n) is 5.76. The van der Waals surface area contributed by atoms with Crippen LogP contribution in [0.1, 0.15) is 24.2 Å². The van der Waals surface area contributed by atoms with Crippen LogP contribution in [0.5, 0.6) is 11.5 Å². The summed E-state index contributed by atoms with van der Waals surface area (Å²) in [4.78, 5) is 0. The topological polar surface area (TPSA) is 70.3 Å². The van der Waals surface area contributed by atoms with E-state index in [0.29, 0.717) is 0 Å². The molecule has 1 atom stereocenters. The van der Waals surface area contributed by atoms with Crippen molar-refractivity contribution in [3.8, 4) is 11.5 Å². The SMILES string of the molecule is Cc1nn(C)cc1NC(C)c1ccc(O)cc1O. The molecule has 2 aromatic rings.